The Balaban J connectivity index is 2.98. The van der Waals surface area contributed by atoms with E-state index in [2.05, 4.69) is 9.97 Å². The molecule has 19 heavy (non-hydrogen) atoms. The number of aryl methyl sites for hydroxylation is 1. The fourth-order valence-corrected chi connectivity index (χ4v) is 3.39. The molecule has 1 aromatic heterocycles. The highest BCUT2D eigenvalue weighted by Gasteiger charge is 2.44. The van der Waals surface area contributed by atoms with E-state index in [0.29, 0.717) is 5.69 Å². The Bertz CT molecular complexity index is 520. The van der Waals surface area contributed by atoms with Gasteiger partial charge in [-0.1, -0.05) is 0 Å². The number of nitrogens with one attached hydrogen (secondary N) is 1. The first kappa shape index (κ1) is 16.2. The minimum atomic E-state index is -5.06. The van der Waals surface area contributed by atoms with Gasteiger partial charge in [-0.3, -0.25) is 14.1 Å². The third-order valence-electron chi connectivity index (χ3n) is 2.03. The van der Waals surface area contributed by atoms with Crippen LogP contribution in [-0.2, 0) is 9.13 Å². The smallest absolute Gasteiger partial charge is 0.323 e. The van der Waals surface area contributed by atoms with Crippen molar-refractivity contribution in [2.45, 2.75) is 12.4 Å². The number of hydrogen-bond donors (Lipinski definition) is 5. The number of aromatic nitrogens is 2. The summed E-state index contributed by atoms with van der Waals surface area (Å²) in [6.07, 6.45) is 1.40. The van der Waals surface area contributed by atoms with Crippen molar-refractivity contribution in [1.29, 1.82) is 0 Å². The maximum atomic E-state index is 11.1. The Morgan fingerprint density at radius 2 is 1.79 bits per heavy atom. The van der Waals surface area contributed by atoms with Crippen LogP contribution in [0.5, 0.6) is 0 Å². The summed E-state index contributed by atoms with van der Waals surface area (Å²) in [5.74, 6) is 0.0203. The van der Waals surface area contributed by atoms with Crippen molar-refractivity contribution in [3.05, 3.63) is 18.0 Å². The molecule has 0 unspecified atom stereocenters. The SMILES string of the molecule is Cc1ccnc(N(C)NC(P(=O)(O)O)P(=O)(O)O)n1. The minimum Gasteiger partial charge on any atom is -0.323 e. The number of nitrogens with zero attached hydrogens (tertiary/aromatic N) is 3. The third kappa shape index (κ3) is 4.63. The van der Waals surface area contributed by atoms with Crippen LogP contribution in [0, 0.1) is 6.92 Å². The molecule has 0 saturated carbocycles. The Labute approximate surface area is 108 Å². The number of anilines is 1. The zero-order valence-electron chi connectivity index (χ0n) is 10.1. The van der Waals surface area contributed by atoms with Gasteiger partial charge in [0.25, 0.3) is 0 Å². The van der Waals surface area contributed by atoms with E-state index in [0.717, 1.165) is 5.01 Å². The second kappa shape index (κ2) is 5.64. The van der Waals surface area contributed by atoms with Gasteiger partial charge in [0, 0.05) is 18.9 Å². The van der Waals surface area contributed by atoms with Crippen LogP contribution in [0.15, 0.2) is 12.3 Å². The van der Waals surface area contributed by atoms with Gasteiger partial charge in [-0.05, 0) is 13.0 Å². The van der Waals surface area contributed by atoms with Gasteiger partial charge in [-0.2, -0.15) is 0 Å². The third-order valence-corrected chi connectivity index (χ3v) is 5.34. The van der Waals surface area contributed by atoms with Gasteiger partial charge < -0.3 is 19.6 Å². The molecule has 0 saturated heterocycles. The van der Waals surface area contributed by atoms with Crippen molar-refractivity contribution >= 4 is 21.1 Å². The van der Waals surface area contributed by atoms with Crippen LogP contribution in [0.3, 0.4) is 0 Å². The summed E-state index contributed by atoms with van der Waals surface area (Å²) in [6, 6.07) is 1.60. The van der Waals surface area contributed by atoms with E-state index in [1.807, 2.05) is 5.43 Å². The number of rotatable bonds is 5. The molecule has 108 valence electrons. The summed E-state index contributed by atoms with van der Waals surface area (Å²) in [7, 11) is -8.83. The lowest BCUT2D eigenvalue weighted by Gasteiger charge is -2.26. The Kier molecular flexibility index (Phi) is 4.81. The zero-order chi connectivity index (χ0) is 14.8. The van der Waals surface area contributed by atoms with Crippen molar-refractivity contribution in [1.82, 2.24) is 15.4 Å². The molecule has 0 aliphatic rings. The highest BCUT2D eigenvalue weighted by molar-refractivity contribution is 7.70. The zero-order valence-corrected chi connectivity index (χ0v) is 11.9. The lowest BCUT2D eigenvalue weighted by atomic mass is 10.5. The molecule has 0 aliphatic carbocycles. The summed E-state index contributed by atoms with van der Waals surface area (Å²) in [5.41, 5.74) is 0.255. The molecule has 0 aromatic carbocycles. The standard InChI is InChI=1S/C7H14N4O6P2/c1-5-3-4-8-6(9-5)11(2)10-7(18(12,13)14)19(15,16)17/h3-4,7,10H,1-2H3,(H2,12,13,14)(H2,15,16,17). The van der Waals surface area contributed by atoms with Crippen molar-refractivity contribution in [3.8, 4) is 0 Å². The fraction of sp³-hybridized carbons (Fsp3) is 0.429. The maximum absolute atomic E-state index is 11.1. The van der Waals surface area contributed by atoms with E-state index in [-0.39, 0.29) is 5.95 Å². The normalized spacial score (nSPS) is 12.8. The first-order chi connectivity index (χ1) is 8.51. The number of hydrazine groups is 1. The van der Waals surface area contributed by atoms with Gasteiger partial charge in [-0.15, -0.1) is 0 Å². The number of hydrogen-bond acceptors (Lipinski definition) is 6. The second-order valence-electron chi connectivity index (χ2n) is 3.74. The predicted octanol–water partition coefficient (Wildman–Crippen LogP) is -0.635. The molecule has 0 spiro atoms. The highest BCUT2D eigenvalue weighted by Crippen LogP contribution is 2.58. The van der Waals surface area contributed by atoms with E-state index >= 15 is 0 Å². The van der Waals surface area contributed by atoms with Crippen LogP contribution >= 0.6 is 15.2 Å². The second-order valence-corrected chi connectivity index (χ2v) is 7.53. The quantitative estimate of drug-likeness (QED) is 0.350. The lowest BCUT2D eigenvalue weighted by molar-refractivity contribution is 0.327. The molecule has 1 aromatic rings. The Hall–Kier alpha value is -0.860. The van der Waals surface area contributed by atoms with Crippen molar-refractivity contribution < 1.29 is 28.7 Å². The maximum Gasteiger partial charge on any atom is 0.356 e. The van der Waals surface area contributed by atoms with Crippen molar-refractivity contribution in [3.63, 3.8) is 0 Å². The Morgan fingerprint density at radius 1 is 1.26 bits per heavy atom. The van der Waals surface area contributed by atoms with Crippen molar-refractivity contribution in [2.75, 3.05) is 12.1 Å². The van der Waals surface area contributed by atoms with Gasteiger partial charge in [-0.25, -0.2) is 15.4 Å². The minimum absolute atomic E-state index is 0.0203. The molecule has 0 aliphatic heterocycles. The van der Waals surface area contributed by atoms with Crippen LogP contribution in [0.4, 0.5) is 5.95 Å². The van der Waals surface area contributed by atoms with Gasteiger partial charge in [0.15, 0.2) is 0 Å². The molecule has 1 heterocycles. The topological polar surface area (TPSA) is 156 Å². The first-order valence-electron chi connectivity index (χ1n) is 4.92. The molecule has 0 radical (unpaired) electrons. The monoisotopic (exact) mass is 312 g/mol. The lowest BCUT2D eigenvalue weighted by Crippen LogP contribution is -2.43. The first-order valence-corrected chi connectivity index (χ1v) is 8.28. The molecular formula is C7H14N4O6P2. The average molecular weight is 312 g/mol. The summed E-state index contributed by atoms with van der Waals surface area (Å²) < 4.78 is 22.2. The molecule has 0 bridgehead atoms. The van der Waals surface area contributed by atoms with Crippen LogP contribution in [0.1, 0.15) is 5.69 Å². The van der Waals surface area contributed by atoms with Crippen LogP contribution in [0.25, 0.3) is 0 Å². The molecular weight excluding hydrogens is 298 g/mol. The summed E-state index contributed by atoms with van der Waals surface area (Å²) in [4.78, 5) is 43.5. The molecule has 0 fully saturated rings. The molecule has 0 amide bonds. The van der Waals surface area contributed by atoms with E-state index < -0.39 is 20.7 Å². The largest absolute Gasteiger partial charge is 0.356 e. The van der Waals surface area contributed by atoms with Crippen LogP contribution in [-0.4, -0.2) is 42.1 Å². The van der Waals surface area contributed by atoms with Gasteiger partial charge in [0.1, 0.15) is 0 Å². The summed E-state index contributed by atoms with van der Waals surface area (Å²) in [5, 5.41) is 0.940. The molecule has 0 atom stereocenters. The predicted molar refractivity (Wildman–Crippen MR) is 66.2 cm³/mol. The Morgan fingerprint density at radius 3 is 2.21 bits per heavy atom. The molecule has 5 N–H and O–H groups in total. The van der Waals surface area contributed by atoms with E-state index in [1.54, 1.807) is 13.0 Å². The van der Waals surface area contributed by atoms with Crippen LogP contribution < -0.4 is 10.4 Å². The fourth-order valence-electron chi connectivity index (χ4n) is 1.17. The summed E-state index contributed by atoms with van der Waals surface area (Å²) in [6.45, 7) is 1.67. The van der Waals surface area contributed by atoms with Gasteiger partial charge >= 0.3 is 15.2 Å². The molecule has 1 rings (SSSR count). The highest BCUT2D eigenvalue weighted by atomic mass is 31.2. The van der Waals surface area contributed by atoms with Crippen molar-refractivity contribution in [2.24, 2.45) is 0 Å². The molecule has 12 heteroatoms. The average Bonchev–Trinajstić information content (AvgIpc) is 2.22. The van der Waals surface area contributed by atoms with Gasteiger partial charge in [0.05, 0.1) is 0 Å². The van der Waals surface area contributed by atoms with E-state index in [4.69, 9.17) is 19.6 Å². The van der Waals surface area contributed by atoms with E-state index in [1.165, 1.54) is 13.2 Å². The summed E-state index contributed by atoms with van der Waals surface area (Å²) >= 11 is 0. The van der Waals surface area contributed by atoms with E-state index in [9.17, 15) is 9.13 Å². The molecule has 10 nitrogen and oxygen atoms in total. The van der Waals surface area contributed by atoms with Gasteiger partial charge in [0.2, 0.25) is 11.5 Å². The van der Waals surface area contributed by atoms with Crippen LogP contribution in [0.2, 0.25) is 0 Å².